The summed E-state index contributed by atoms with van der Waals surface area (Å²) in [7, 11) is 1.88. The van der Waals surface area contributed by atoms with Crippen molar-refractivity contribution in [1.29, 1.82) is 0 Å². The zero-order chi connectivity index (χ0) is 17.2. The Bertz CT molecular complexity index is 821. The van der Waals surface area contributed by atoms with E-state index >= 15 is 0 Å². The van der Waals surface area contributed by atoms with Gasteiger partial charge >= 0.3 is 5.97 Å². The van der Waals surface area contributed by atoms with Crippen molar-refractivity contribution in [1.82, 2.24) is 14.8 Å². The normalized spacial score (nSPS) is 20.0. The van der Waals surface area contributed by atoms with Crippen molar-refractivity contribution in [3.8, 4) is 0 Å². The highest BCUT2D eigenvalue weighted by Gasteiger charge is 2.46. The number of pyridine rings is 1. The van der Waals surface area contributed by atoms with Crippen LogP contribution >= 0.6 is 0 Å². The molecular formula is C20H19N3O2. The van der Waals surface area contributed by atoms with Crippen LogP contribution in [-0.2, 0) is 16.6 Å². The lowest BCUT2D eigenvalue weighted by atomic mass is 10.1. The molecule has 0 unspecified atom stereocenters. The lowest BCUT2D eigenvalue weighted by molar-refractivity contribution is -0.149. The monoisotopic (exact) mass is 333 g/mol. The standard InChI is InChI=1S/C20H19N3O2/c1-23-13-15(12-22-23)16-11-17(16)20(24)25-19(14-7-3-2-4-8-14)18-9-5-6-10-21-18/h2-10,12-13,16-17,19H,11H2,1H3/t16-,17+,19-/m0/s1. The first-order valence-electron chi connectivity index (χ1n) is 8.37. The van der Waals surface area contributed by atoms with Gasteiger partial charge in [-0.3, -0.25) is 14.5 Å². The van der Waals surface area contributed by atoms with Crippen LogP contribution in [-0.4, -0.2) is 20.7 Å². The van der Waals surface area contributed by atoms with Gasteiger partial charge in [0.05, 0.1) is 17.8 Å². The molecule has 1 aliphatic carbocycles. The van der Waals surface area contributed by atoms with Crippen LogP contribution in [0.5, 0.6) is 0 Å². The fourth-order valence-electron chi connectivity index (χ4n) is 3.12. The quantitative estimate of drug-likeness (QED) is 0.673. The molecule has 0 spiro atoms. The van der Waals surface area contributed by atoms with Crippen molar-refractivity contribution in [2.75, 3.05) is 0 Å². The van der Waals surface area contributed by atoms with Crippen molar-refractivity contribution < 1.29 is 9.53 Å². The van der Waals surface area contributed by atoms with E-state index in [0.29, 0.717) is 0 Å². The summed E-state index contributed by atoms with van der Waals surface area (Å²) in [6.45, 7) is 0. The van der Waals surface area contributed by atoms with Gasteiger partial charge in [-0.05, 0) is 29.7 Å². The lowest BCUT2D eigenvalue weighted by Crippen LogP contribution is -2.15. The number of hydrogen-bond donors (Lipinski definition) is 0. The molecule has 0 amide bonds. The second kappa shape index (κ2) is 6.51. The maximum atomic E-state index is 12.7. The van der Waals surface area contributed by atoms with Gasteiger partial charge in [0.1, 0.15) is 0 Å². The van der Waals surface area contributed by atoms with Crippen molar-refractivity contribution in [2.24, 2.45) is 13.0 Å². The van der Waals surface area contributed by atoms with E-state index in [9.17, 15) is 4.79 Å². The molecule has 0 bridgehead atoms. The number of aromatic nitrogens is 3. The van der Waals surface area contributed by atoms with E-state index in [1.807, 2.05) is 68.0 Å². The molecule has 1 aliphatic rings. The van der Waals surface area contributed by atoms with Gasteiger partial charge in [-0.25, -0.2) is 0 Å². The Morgan fingerprint density at radius 1 is 1.20 bits per heavy atom. The summed E-state index contributed by atoms with van der Waals surface area (Å²) in [4.78, 5) is 17.1. The smallest absolute Gasteiger partial charge is 0.310 e. The first-order chi connectivity index (χ1) is 12.2. The van der Waals surface area contributed by atoms with Crippen LogP contribution < -0.4 is 0 Å². The summed E-state index contributed by atoms with van der Waals surface area (Å²) in [5.74, 6) is -0.0613. The summed E-state index contributed by atoms with van der Waals surface area (Å²) in [6, 6.07) is 15.4. The highest BCUT2D eigenvalue weighted by Crippen LogP contribution is 2.48. The fraction of sp³-hybridized carbons (Fsp3) is 0.250. The average Bonchev–Trinajstić information content (AvgIpc) is 3.35. The molecule has 2 aromatic heterocycles. The van der Waals surface area contributed by atoms with Crippen LogP contribution in [0, 0.1) is 5.92 Å². The zero-order valence-electron chi connectivity index (χ0n) is 13.9. The van der Waals surface area contributed by atoms with Gasteiger partial charge in [0.25, 0.3) is 0 Å². The van der Waals surface area contributed by atoms with Crippen molar-refractivity contribution in [2.45, 2.75) is 18.4 Å². The maximum Gasteiger partial charge on any atom is 0.310 e. The van der Waals surface area contributed by atoms with Gasteiger partial charge < -0.3 is 4.74 Å². The molecule has 1 saturated carbocycles. The van der Waals surface area contributed by atoms with Crippen LogP contribution in [0.1, 0.15) is 35.3 Å². The van der Waals surface area contributed by atoms with E-state index in [1.54, 1.807) is 10.9 Å². The highest BCUT2D eigenvalue weighted by molar-refractivity contribution is 5.77. The number of carbonyl (C=O) groups is 1. The number of aryl methyl sites for hydroxylation is 1. The summed E-state index contributed by atoms with van der Waals surface area (Å²) in [5.41, 5.74) is 2.76. The summed E-state index contributed by atoms with van der Waals surface area (Å²) < 4.78 is 7.64. The molecule has 1 fully saturated rings. The number of carbonyl (C=O) groups excluding carboxylic acids is 1. The molecule has 0 aliphatic heterocycles. The summed E-state index contributed by atoms with van der Waals surface area (Å²) >= 11 is 0. The predicted molar refractivity (Wildman–Crippen MR) is 92.7 cm³/mol. The molecule has 0 saturated heterocycles. The van der Waals surface area contributed by atoms with Gasteiger partial charge in [-0.2, -0.15) is 5.10 Å². The first kappa shape index (κ1) is 15.6. The average molecular weight is 333 g/mol. The number of ether oxygens (including phenoxy) is 1. The summed E-state index contributed by atoms with van der Waals surface area (Å²) in [6.07, 6.45) is 5.84. The third-order valence-electron chi connectivity index (χ3n) is 4.54. The molecule has 0 radical (unpaired) electrons. The van der Waals surface area contributed by atoms with E-state index in [0.717, 1.165) is 23.2 Å². The number of esters is 1. The largest absolute Gasteiger partial charge is 0.451 e. The zero-order valence-corrected chi connectivity index (χ0v) is 13.9. The summed E-state index contributed by atoms with van der Waals surface area (Å²) in [5, 5.41) is 4.18. The third kappa shape index (κ3) is 3.31. The third-order valence-corrected chi connectivity index (χ3v) is 4.54. The van der Waals surface area contributed by atoms with Gasteiger partial charge in [-0.1, -0.05) is 36.4 Å². The number of hydrogen-bond acceptors (Lipinski definition) is 4. The van der Waals surface area contributed by atoms with Crippen LogP contribution in [0.15, 0.2) is 67.1 Å². The molecule has 5 nitrogen and oxygen atoms in total. The van der Waals surface area contributed by atoms with Crippen LogP contribution in [0.2, 0.25) is 0 Å². The van der Waals surface area contributed by atoms with Crippen molar-refractivity contribution in [3.63, 3.8) is 0 Å². The molecule has 4 rings (SSSR count). The van der Waals surface area contributed by atoms with Gasteiger partial charge in [0.15, 0.2) is 6.10 Å². The fourth-order valence-corrected chi connectivity index (χ4v) is 3.12. The molecule has 126 valence electrons. The molecule has 1 aromatic carbocycles. The Balaban J connectivity index is 1.52. The second-order valence-corrected chi connectivity index (χ2v) is 6.38. The van der Waals surface area contributed by atoms with E-state index in [-0.39, 0.29) is 17.8 Å². The van der Waals surface area contributed by atoms with E-state index < -0.39 is 6.10 Å². The van der Waals surface area contributed by atoms with E-state index in [1.165, 1.54) is 0 Å². The number of benzene rings is 1. The van der Waals surface area contributed by atoms with Gasteiger partial charge in [0.2, 0.25) is 0 Å². The van der Waals surface area contributed by atoms with E-state index in [4.69, 9.17) is 4.74 Å². The first-order valence-corrected chi connectivity index (χ1v) is 8.37. The Morgan fingerprint density at radius 2 is 2.00 bits per heavy atom. The minimum atomic E-state index is -0.481. The predicted octanol–water partition coefficient (Wildman–Crippen LogP) is 3.25. The van der Waals surface area contributed by atoms with Crippen LogP contribution in [0.3, 0.4) is 0 Å². The second-order valence-electron chi connectivity index (χ2n) is 6.38. The molecule has 25 heavy (non-hydrogen) atoms. The highest BCUT2D eigenvalue weighted by atomic mass is 16.5. The molecule has 5 heteroatoms. The molecule has 2 heterocycles. The number of rotatable bonds is 5. The van der Waals surface area contributed by atoms with Gasteiger partial charge in [0, 0.05) is 25.4 Å². The van der Waals surface area contributed by atoms with Crippen LogP contribution in [0.4, 0.5) is 0 Å². The van der Waals surface area contributed by atoms with Gasteiger partial charge in [-0.15, -0.1) is 0 Å². The lowest BCUT2D eigenvalue weighted by Gasteiger charge is -2.18. The SMILES string of the molecule is Cn1cc([C@@H]2C[C@H]2C(=O)O[C@@H](c2ccccc2)c2ccccn2)cn1. The topological polar surface area (TPSA) is 57.0 Å². The maximum absolute atomic E-state index is 12.7. The van der Waals surface area contributed by atoms with Crippen molar-refractivity contribution in [3.05, 3.63) is 83.9 Å². The van der Waals surface area contributed by atoms with Crippen LogP contribution in [0.25, 0.3) is 0 Å². The minimum Gasteiger partial charge on any atom is -0.451 e. The molecule has 3 aromatic rings. The Hall–Kier alpha value is -2.95. The minimum absolute atomic E-state index is 0.0980. The Kier molecular flexibility index (Phi) is 4.06. The molecule has 3 atom stereocenters. The number of nitrogens with zero attached hydrogens (tertiary/aromatic N) is 3. The Labute approximate surface area is 146 Å². The molecule has 0 N–H and O–H groups in total. The van der Waals surface area contributed by atoms with E-state index in [2.05, 4.69) is 10.1 Å². The van der Waals surface area contributed by atoms with Crippen molar-refractivity contribution >= 4 is 5.97 Å². The molecular weight excluding hydrogens is 314 g/mol. The Morgan fingerprint density at radius 3 is 2.68 bits per heavy atom.